The molecule has 0 unspecified atom stereocenters. The first-order chi connectivity index (χ1) is 9.70. The number of amides is 1. The lowest BCUT2D eigenvalue weighted by molar-refractivity contribution is -0.160. The van der Waals surface area contributed by atoms with Crippen LogP contribution in [-0.2, 0) is 14.3 Å². The first-order valence-electron chi connectivity index (χ1n) is 8.24. The molecule has 0 radical (unpaired) electrons. The van der Waals surface area contributed by atoms with Gasteiger partial charge in [0.15, 0.2) is 0 Å². The SMILES string of the molecule is CC(C)[C@H](NC(=O)C1CCCCCC1)C(=O)OC(C)(C)C. The number of rotatable bonds is 4. The molecule has 21 heavy (non-hydrogen) atoms. The lowest BCUT2D eigenvalue weighted by Gasteiger charge is -2.27. The molecule has 1 saturated carbocycles. The zero-order chi connectivity index (χ0) is 16.0. The molecule has 1 amide bonds. The summed E-state index contributed by atoms with van der Waals surface area (Å²) in [5.74, 6) is -0.244. The highest BCUT2D eigenvalue weighted by molar-refractivity contribution is 5.86. The van der Waals surface area contributed by atoms with Crippen molar-refractivity contribution in [1.82, 2.24) is 5.32 Å². The van der Waals surface area contributed by atoms with E-state index in [9.17, 15) is 9.59 Å². The third-order valence-electron chi connectivity index (χ3n) is 3.85. The van der Waals surface area contributed by atoms with E-state index in [2.05, 4.69) is 5.32 Å². The summed E-state index contributed by atoms with van der Waals surface area (Å²) < 4.78 is 5.42. The van der Waals surface area contributed by atoms with Crippen molar-refractivity contribution in [2.75, 3.05) is 0 Å². The normalized spacial score (nSPS) is 19.0. The molecule has 1 rings (SSSR count). The Bertz CT molecular complexity index is 350. The van der Waals surface area contributed by atoms with E-state index in [0.29, 0.717) is 0 Å². The predicted octanol–water partition coefficient (Wildman–Crippen LogP) is 3.44. The first kappa shape index (κ1) is 18.0. The third-order valence-corrected chi connectivity index (χ3v) is 3.85. The maximum absolute atomic E-state index is 12.4. The van der Waals surface area contributed by atoms with Crippen LogP contribution in [0.4, 0.5) is 0 Å². The molecular formula is C17H31NO3. The molecule has 0 bridgehead atoms. The molecule has 1 aliphatic rings. The van der Waals surface area contributed by atoms with Crippen LogP contribution >= 0.6 is 0 Å². The van der Waals surface area contributed by atoms with E-state index in [-0.39, 0.29) is 23.7 Å². The van der Waals surface area contributed by atoms with Gasteiger partial charge in [-0.2, -0.15) is 0 Å². The van der Waals surface area contributed by atoms with Gasteiger partial charge in [0.25, 0.3) is 0 Å². The molecule has 4 heteroatoms. The highest BCUT2D eigenvalue weighted by Crippen LogP contribution is 2.23. The molecule has 0 aromatic carbocycles. The number of carbonyl (C=O) groups is 2. The number of esters is 1. The quantitative estimate of drug-likeness (QED) is 0.639. The standard InChI is InChI=1S/C17H31NO3/c1-12(2)14(16(20)21-17(3,4)5)18-15(19)13-10-8-6-7-9-11-13/h12-14H,6-11H2,1-5H3,(H,18,19)/t14-/m0/s1. The highest BCUT2D eigenvalue weighted by atomic mass is 16.6. The molecular weight excluding hydrogens is 266 g/mol. The summed E-state index contributed by atoms with van der Waals surface area (Å²) in [5, 5.41) is 2.92. The van der Waals surface area contributed by atoms with Gasteiger partial charge < -0.3 is 10.1 Å². The van der Waals surface area contributed by atoms with Gasteiger partial charge in [-0.15, -0.1) is 0 Å². The number of hydrogen-bond acceptors (Lipinski definition) is 3. The predicted molar refractivity (Wildman–Crippen MR) is 83.8 cm³/mol. The second kappa shape index (κ2) is 7.81. The topological polar surface area (TPSA) is 55.4 Å². The summed E-state index contributed by atoms with van der Waals surface area (Å²) >= 11 is 0. The van der Waals surface area contributed by atoms with Crippen LogP contribution in [0.3, 0.4) is 0 Å². The van der Waals surface area contributed by atoms with Crippen LogP contribution in [0.2, 0.25) is 0 Å². The molecule has 0 spiro atoms. The summed E-state index contributed by atoms with van der Waals surface area (Å²) in [6, 6.07) is -0.556. The zero-order valence-electron chi connectivity index (χ0n) is 14.2. The van der Waals surface area contributed by atoms with Gasteiger partial charge in [0.05, 0.1) is 0 Å². The van der Waals surface area contributed by atoms with Gasteiger partial charge in [0, 0.05) is 5.92 Å². The lowest BCUT2D eigenvalue weighted by atomic mass is 9.97. The van der Waals surface area contributed by atoms with Crippen molar-refractivity contribution in [2.45, 2.75) is 84.8 Å². The fourth-order valence-electron chi connectivity index (χ4n) is 2.68. The molecule has 0 saturated heterocycles. The number of hydrogen-bond donors (Lipinski definition) is 1. The third kappa shape index (κ3) is 6.49. The number of nitrogens with one attached hydrogen (secondary N) is 1. The van der Waals surface area contributed by atoms with E-state index >= 15 is 0 Å². The van der Waals surface area contributed by atoms with E-state index < -0.39 is 11.6 Å². The monoisotopic (exact) mass is 297 g/mol. The molecule has 1 N–H and O–H groups in total. The average molecular weight is 297 g/mol. The van der Waals surface area contributed by atoms with Crippen molar-refractivity contribution in [2.24, 2.45) is 11.8 Å². The summed E-state index contributed by atoms with van der Waals surface area (Å²) in [6.45, 7) is 9.39. The van der Waals surface area contributed by atoms with Gasteiger partial charge in [-0.05, 0) is 39.5 Å². The average Bonchev–Trinajstić information content (AvgIpc) is 2.61. The summed E-state index contributed by atoms with van der Waals surface area (Å²) in [6.07, 6.45) is 6.51. The van der Waals surface area contributed by atoms with Crippen molar-refractivity contribution in [3.8, 4) is 0 Å². The Morgan fingerprint density at radius 3 is 2.00 bits per heavy atom. The van der Waals surface area contributed by atoms with E-state index in [1.54, 1.807) is 0 Å². The molecule has 122 valence electrons. The fraction of sp³-hybridized carbons (Fsp3) is 0.882. The Kier molecular flexibility index (Phi) is 6.69. The van der Waals surface area contributed by atoms with Crippen molar-refractivity contribution in [1.29, 1.82) is 0 Å². The van der Waals surface area contributed by atoms with Crippen LogP contribution in [0.25, 0.3) is 0 Å². The zero-order valence-corrected chi connectivity index (χ0v) is 14.2. The van der Waals surface area contributed by atoms with Crippen molar-refractivity contribution < 1.29 is 14.3 Å². The second-order valence-corrected chi connectivity index (χ2v) is 7.45. The summed E-state index contributed by atoms with van der Waals surface area (Å²) in [7, 11) is 0. The Morgan fingerprint density at radius 1 is 1.05 bits per heavy atom. The molecule has 1 fully saturated rings. The Hall–Kier alpha value is -1.06. The minimum atomic E-state index is -0.556. The number of carbonyl (C=O) groups excluding carboxylic acids is 2. The van der Waals surface area contributed by atoms with Gasteiger partial charge in [0.1, 0.15) is 11.6 Å². The van der Waals surface area contributed by atoms with E-state index in [0.717, 1.165) is 25.7 Å². The van der Waals surface area contributed by atoms with E-state index in [4.69, 9.17) is 4.74 Å². The maximum atomic E-state index is 12.4. The maximum Gasteiger partial charge on any atom is 0.329 e. The lowest BCUT2D eigenvalue weighted by Crippen LogP contribution is -2.49. The van der Waals surface area contributed by atoms with E-state index in [1.165, 1.54) is 12.8 Å². The molecule has 4 nitrogen and oxygen atoms in total. The van der Waals surface area contributed by atoms with Gasteiger partial charge in [-0.25, -0.2) is 4.79 Å². The van der Waals surface area contributed by atoms with Gasteiger partial charge in [0.2, 0.25) is 5.91 Å². The minimum Gasteiger partial charge on any atom is -0.458 e. The minimum absolute atomic E-state index is 0.0152. The van der Waals surface area contributed by atoms with Crippen LogP contribution in [0.15, 0.2) is 0 Å². The van der Waals surface area contributed by atoms with Gasteiger partial charge >= 0.3 is 5.97 Å². The second-order valence-electron chi connectivity index (χ2n) is 7.45. The van der Waals surface area contributed by atoms with Crippen molar-refractivity contribution >= 4 is 11.9 Å². The Labute approximate surface area is 129 Å². The van der Waals surface area contributed by atoms with Crippen molar-refractivity contribution in [3.63, 3.8) is 0 Å². The number of ether oxygens (including phenoxy) is 1. The Balaban J connectivity index is 2.64. The molecule has 0 heterocycles. The molecule has 0 aromatic heterocycles. The van der Waals surface area contributed by atoms with Crippen LogP contribution in [-0.4, -0.2) is 23.5 Å². The summed E-state index contributed by atoms with van der Waals surface area (Å²) in [4.78, 5) is 24.7. The molecule has 0 aliphatic heterocycles. The van der Waals surface area contributed by atoms with Crippen molar-refractivity contribution in [3.05, 3.63) is 0 Å². The molecule has 1 aliphatic carbocycles. The van der Waals surface area contributed by atoms with Crippen LogP contribution < -0.4 is 5.32 Å². The smallest absolute Gasteiger partial charge is 0.329 e. The fourth-order valence-corrected chi connectivity index (χ4v) is 2.68. The molecule has 0 aromatic rings. The first-order valence-corrected chi connectivity index (χ1v) is 8.24. The molecule has 1 atom stereocenters. The Morgan fingerprint density at radius 2 is 1.57 bits per heavy atom. The van der Waals surface area contributed by atoms with E-state index in [1.807, 2.05) is 34.6 Å². The highest BCUT2D eigenvalue weighted by Gasteiger charge is 2.31. The van der Waals surface area contributed by atoms with Crippen LogP contribution in [0, 0.1) is 11.8 Å². The summed E-state index contributed by atoms with van der Waals surface area (Å²) in [5.41, 5.74) is -0.530. The van der Waals surface area contributed by atoms with Crippen LogP contribution in [0.1, 0.15) is 73.1 Å². The van der Waals surface area contributed by atoms with Crippen LogP contribution in [0.5, 0.6) is 0 Å². The van der Waals surface area contributed by atoms with Gasteiger partial charge in [-0.3, -0.25) is 4.79 Å². The van der Waals surface area contributed by atoms with Gasteiger partial charge in [-0.1, -0.05) is 39.5 Å². The largest absolute Gasteiger partial charge is 0.458 e.